The molecule has 0 atom stereocenters. The van der Waals surface area contributed by atoms with Crippen LogP contribution < -0.4 is 0 Å². The molecule has 0 N–H and O–H groups in total. The summed E-state index contributed by atoms with van der Waals surface area (Å²) in [6.07, 6.45) is 0. The van der Waals surface area contributed by atoms with Crippen molar-refractivity contribution in [3.8, 4) is 0 Å². The molecule has 0 aliphatic heterocycles. The first kappa shape index (κ1) is 8.94. The summed E-state index contributed by atoms with van der Waals surface area (Å²) in [6, 6.07) is 6.60. The first-order chi connectivity index (χ1) is 5.33. The minimum absolute atomic E-state index is 0.172. The van der Waals surface area contributed by atoms with Crippen LogP contribution in [0.25, 0.3) is 0 Å². The monoisotopic (exact) mass is 188 g/mol. The topological polar surface area (TPSA) is 0 Å². The third kappa shape index (κ3) is 3.16. The van der Waals surface area contributed by atoms with Gasteiger partial charge in [-0.1, -0.05) is 6.07 Å². The van der Waals surface area contributed by atoms with Crippen LogP contribution in [0.1, 0.15) is 0 Å². The second-order valence-corrected chi connectivity index (χ2v) is 3.64. The van der Waals surface area contributed by atoms with Crippen molar-refractivity contribution in [1.29, 1.82) is 0 Å². The van der Waals surface area contributed by atoms with Gasteiger partial charge in [0.05, 0.1) is 0 Å². The number of thioether (sulfide) groups is 1. The van der Waals surface area contributed by atoms with Crippen LogP contribution in [-0.2, 0) is 0 Å². The molecular formula is C8H9FS2. The number of halogens is 1. The zero-order chi connectivity index (χ0) is 8.10. The molecule has 60 valence electrons. The fourth-order valence-corrected chi connectivity index (χ4v) is 1.69. The first-order valence-electron chi connectivity index (χ1n) is 3.32. The van der Waals surface area contributed by atoms with Crippen molar-refractivity contribution in [3.63, 3.8) is 0 Å². The maximum Gasteiger partial charge on any atom is 0.124 e. The normalized spacial score (nSPS) is 10.0. The largest absolute Gasteiger partial charge is 0.207 e. The number of benzene rings is 1. The lowest BCUT2D eigenvalue weighted by molar-refractivity contribution is 0.624. The van der Waals surface area contributed by atoms with E-state index in [-0.39, 0.29) is 5.82 Å². The Balaban J connectivity index is 2.56. The Labute approximate surface area is 75.6 Å². The summed E-state index contributed by atoms with van der Waals surface area (Å²) in [5.74, 6) is 1.57. The smallest absolute Gasteiger partial charge is 0.124 e. The van der Waals surface area contributed by atoms with Gasteiger partial charge in [-0.3, -0.25) is 0 Å². The molecule has 3 heteroatoms. The van der Waals surface area contributed by atoms with Crippen LogP contribution in [0.15, 0.2) is 29.2 Å². The van der Waals surface area contributed by atoms with Crippen molar-refractivity contribution in [2.75, 3.05) is 11.5 Å². The lowest BCUT2D eigenvalue weighted by Crippen LogP contribution is -1.80. The second kappa shape index (κ2) is 4.67. The summed E-state index contributed by atoms with van der Waals surface area (Å²) < 4.78 is 12.6. The Bertz CT molecular complexity index is 225. The lowest BCUT2D eigenvalue weighted by Gasteiger charge is -1.97. The van der Waals surface area contributed by atoms with Gasteiger partial charge >= 0.3 is 0 Å². The molecule has 0 fully saturated rings. The van der Waals surface area contributed by atoms with Crippen molar-refractivity contribution in [2.24, 2.45) is 0 Å². The zero-order valence-corrected chi connectivity index (χ0v) is 7.67. The number of hydrogen-bond acceptors (Lipinski definition) is 2. The zero-order valence-electron chi connectivity index (χ0n) is 5.96. The highest BCUT2D eigenvalue weighted by Crippen LogP contribution is 2.18. The number of thiol groups is 1. The minimum Gasteiger partial charge on any atom is -0.207 e. The molecule has 0 bridgehead atoms. The van der Waals surface area contributed by atoms with Crippen molar-refractivity contribution in [3.05, 3.63) is 30.1 Å². The van der Waals surface area contributed by atoms with Gasteiger partial charge in [-0.2, -0.15) is 12.6 Å². The maximum absolute atomic E-state index is 12.6. The molecule has 0 saturated heterocycles. The average molecular weight is 188 g/mol. The molecule has 0 heterocycles. The lowest BCUT2D eigenvalue weighted by atomic mass is 10.4. The molecule has 0 amide bonds. The van der Waals surface area contributed by atoms with Crippen molar-refractivity contribution >= 4 is 24.4 Å². The molecule has 0 unspecified atom stereocenters. The molecule has 11 heavy (non-hydrogen) atoms. The predicted octanol–water partition coefficient (Wildman–Crippen LogP) is 2.85. The molecule has 0 aliphatic carbocycles. The SMILES string of the molecule is Fc1cccc(SCCS)c1. The molecule has 0 aromatic heterocycles. The van der Waals surface area contributed by atoms with Crippen molar-refractivity contribution in [2.45, 2.75) is 4.90 Å². The Kier molecular flexibility index (Phi) is 3.80. The number of hydrogen-bond donors (Lipinski definition) is 1. The summed E-state index contributed by atoms with van der Waals surface area (Å²) in [6.45, 7) is 0. The Hall–Kier alpha value is -0.150. The van der Waals surface area contributed by atoms with E-state index in [9.17, 15) is 4.39 Å². The Morgan fingerprint density at radius 3 is 2.91 bits per heavy atom. The molecule has 0 spiro atoms. The van der Waals surface area contributed by atoms with E-state index < -0.39 is 0 Å². The van der Waals surface area contributed by atoms with E-state index in [1.165, 1.54) is 12.1 Å². The van der Waals surface area contributed by atoms with Gasteiger partial charge in [-0.25, -0.2) is 4.39 Å². The third-order valence-electron chi connectivity index (χ3n) is 1.16. The molecular weight excluding hydrogens is 179 g/mol. The van der Waals surface area contributed by atoms with E-state index in [0.29, 0.717) is 0 Å². The van der Waals surface area contributed by atoms with Crippen molar-refractivity contribution in [1.82, 2.24) is 0 Å². The summed E-state index contributed by atoms with van der Waals surface area (Å²) in [5.41, 5.74) is 0. The van der Waals surface area contributed by atoms with Gasteiger partial charge in [0.1, 0.15) is 5.82 Å². The van der Waals surface area contributed by atoms with Gasteiger partial charge < -0.3 is 0 Å². The highest BCUT2D eigenvalue weighted by Gasteiger charge is 1.93. The first-order valence-corrected chi connectivity index (χ1v) is 4.94. The molecule has 0 nitrogen and oxygen atoms in total. The molecule has 1 rings (SSSR count). The van der Waals surface area contributed by atoms with Crippen LogP contribution in [0.3, 0.4) is 0 Å². The van der Waals surface area contributed by atoms with Crippen LogP contribution in [0.5, 0.6) is 0 Å². The predicted molar refractivity (Wildman–Crippen MR) is 51.0 cm³/mol. The van der Waals surface area contributed by atoms with Gasteiger partial charge in [0, 0.05) is 10.6 Å². The van der Waals surface area contributed by atoms with Gasteiger partial charge in [0.2, 0.25) is 0 Å². The standard InChI is InChI=1S/C8H9FS2/c9-7-2-1-3-8(6-7)11-5-4-10/h1-3,6,10H,4-5H2. The van der Waals surface area contributed by atoms with Crippen LogP contribution >= 0.6 is 24.4 Å². The summed E-state index contributed by atoms with van der Waals surface area (Å²) in [7, 11) is 0. The molecule has 1 aromatic rings. The highest BCUT2D eigenvalue weighted by molar-refractivity contribution is 8.00. The van der Waals surface area contributed by atoms with Crippen LogP contribution in [0.2, 0.25) is 0 Å². The second-order valence-electron chi connectivity index (χ2n) is 2.03. The van der Waals surface area contributed by atoms with Crippen molar-refractivity contribution < 1.29 is 4.39 Å². The Morgan fingerprint density at radius 2 is 2.27 bits per heavy atom. The highest BCUT2D eigenvalue weighted by atomic mass is 32.2. The summed E-state index contributed by atoms with van der Waals surface area (Å²) in [5, 5.41) is 0. The fraction of sp³-hybridized carbons (Fsp3) is 0.250. The maximum atomic E-state index is 12.6. The van der Waals surface area contributed by atoms with E-state index in [2.05, 4.69) is 12.6 Å². The van der Waals surface area contributed by atoms with Gasteiger partial charge in [-0.15, -0.1) is 11.8 Å². The fourth-order valence-electron chi connectivity index (χ4n) is 0.720. The van der Waals surface area contributed by atoms with Crippen LogP contribution in [0, 0.1) is 5.82 Å². The quantitative estimate of drug-likeness (QED) is 0.562. The van der Waals surface area contributed by atoms with Gasteiger partial charge in [0.15, 0.2) is 0 Å². The molecule has 0 aliphatic rings. The number of rotatable bonds is 3. The minimum atomic E-state index is -0.172. The van der Waals surface area contributed by atoms with Crippen LogP contribution in [-0.4, -0.2) is 11.5 Å². The summed E-state index contributed by atoms with van der Waals surface area (Å²) in [4.78, 5) is 0.971. The molecule has 1 aromatic carbocycles. The summed E-state index contributed by atoms with van der Waals surface area (Å²) >= 11 is 5.68. The third-order valence-corrected chi connectivity index (χ3v) is 2.68. The Morgan fingerprint density at radius 1 is 1.45 bits per heavy atom. The van der Waals surface area contributed by atoms with E-state index in [1.807, 2.05) is 6.07 Å². The molecule has 0 radical (unpaired) electrons. The van der Waals surface area contributed by atoms with E-state index in [0.717, 1.165) is 16.4 Å². The molecule has 0 saturated carbocycles. The van der Waals surface area contributed by atoms with E-state index in [4.69, 9.17) is 0 Å². The average Bonchev–Trinajstić information content (AvgIpc) is 2.01. The van der Waals surface area contributed by atoms with Gasteiger partial charge in [-0.05, 0) is 24.0 Å². The van der Waals surface area contributed by atoms with Crippen LogP contribution in [0.4, 0.5) is 4.39 Å². The van der Waals surface area contributed by atoms with Gasteiger partial charge in [0.25, 0.3) is 0 Å². The van der Waals surface area contributed by atoms with E-state index in [1.54, 1.807) is 17.8 Å². The van der Waals surface area contributed by atoms with E-state index >= 15 is 0 Å².